The summed E-state index contributed by atoms with van der Waals surface area (Å²) in [4.78, 5) is 7.05. The second-order valence-corrected chi connectivity index (χ2v) is 7.19. The maximum Gasteiger partial charge on any atom is 0.194 e. The van der Waals surface area contributed by atoms with E-state index in [-0.39, 0.29) is 36.2 Å². The van der Waals surface area contributed by atoms with E-state index in [1.54, 1.807) is 0 Å². The van der Waals surface area contributed by atoms with Crippen LogP contribution in [0.2, 0.25) is 0 Å². The highest BCUT2D eigenvalue weighted by Crippen LogP contribution is 2.34. The van der Waals surface area contributed by atoms with Crippen LogP contribution in [0.4, 0.5) is 0 Å². The van der Waals surface area contributed by atoms with Crippen LogP contribution in [0, 0.1) is 12.8 Å². The van der Waals surface area contributed by atoms with Gasteiger partial charge in [-0.2, -0.15) is 0 Å². The Morgan fingerprint density at radius 1 is 1.31 bits per heavy atom. The van der Waals surface area contributed by atoms with Crippen molar-refractivity contribution in [3.05, 3.63) is 35.4 Å². The molecule has 26 heavy (non-hydrogen) atoms. The number of hydrogen-bond acceptors (Lipinski definition) is 3. The van der Waals surface area contributed by atoms with Gasteiger partial charge in [0.05, 0.1) is 12.2 Å². The lowest BCUT2D eigenvalue weighted by Gasteiger charge is -2.32. The van der Waals surface area contributed by atoms with Gasteiger partial charge in [-0.1, -0.05) is 29.8 Å². The van der Waals surface area contributed by atoms with Gasteiger partial charge in [-0.15, -0.1) is 24.0 Å². The summed E-state index contributed by atoms with van der Waals surface area (Å²) >= 11 is 0. The third kappa shape index (κ3) is 5.57. The molecule has 1 aromatic rings. The number of β-amino-alcohol motifs (C(OH)–C–C–N with tert-alkyl or cyclic N) is 1. The lowest BCUT2D eigenvalue weighted by Crippen LogP contribution is -2.41. The molecule has 2 N–H and O–H groups in total. The Labute approximate surface area is 174 Å². The van der Waals surface area contributed by atoms with Gasteiger partial charge in [0, 0.05) is 38.7 Å². The van der Waals surface area contributed by atoms with Crippen molar-refractivity contribution in [3.63, 3.8) is 0 Å². The summed E-state index contributed by atoms with van der Waals surface area (Å²) in [5, 5.41) is 13.2. The average molecular weight is 473 g/mol. The molecule has 0 saturated carbocycles. The normalized spacial score (nSPS) is 26.5. The minimum absolute atomic E-state index is 0. The molecule has 0 amide bonds. The molecule has 2 aliphatic heterocycles. The van der Waals surface area contributed by atoms with Gasteiger partial charge in [-0.3, -0.25) is 4.99 Å². The van der Waals surface area contributed by atoms with E-state index in [9.17, 15) is 5.11 Å². The number of hydrogen-bond donors (Lipinski definition) is 2. The van der Waals surface area contributed by atoms with E-state index in [2.05, 4.69) is 48.3 Å². The third-order valence-corrected chi connectivity index (χ3v) is 5.12. The minimum Gasteiger partial charge on any atom is -0.391 e. The van der Waals surface area contributed by atoms with Crippen LogP contribution in [0.1, 0.15) is 43.4 Å². The van der Waals surface area contributed by atoms with Gasteiger partial charge in [-0.25, -0.2) is 0 Å². The van der Waals surface area contributed by atoms with Gasteiger partial charge in [0.2, 0.25) is 0 Å². The Balaban J connectivity index is 0.00000243. The van der Waals surface area contributed by atoms with E-state index < -0.39 is 0 Å². The van der Waals surface area contributed by atoms with Crippen molar-refractivity contribution in [2.75, 3.05) is 32.8 Å². The number of nitrogens with zero attached hydrogens (tertiary/aromatic N) is 2. The molecule has 3 atom stereocenters. The first kappa shape index (κ1) is 21.4. The maximum absolute atomic E-state index is 9.80. The number of halogens is 1. The van der Waals surface area contributed by atoms with Crippen molar-refractivity contribution in [2.24, 2.45) is 10.9 Å². The summed E-state index contributed by atoms with van der Waals surface area (Å²) in [5.41, 5.74) is 2.53. The zero-order valence-electron chi connectivity index (χ0n) is 15.9. The Bertz CT molecular complexity index is 579. The van der Waals surface area contributed by atoms with Gasteiger partial charge in [-0.05, 0) is 38.7 Å². The van der Waals surface area contributed by atoms with E-state index in [4.69, 9.17) is 9.73 Å². The molecule has 0 radical (unpaired) electrons. The topological polar surface area (TPSA) is 57.1 Å². The molecular formula is C20H32IN3O2. The lowest BCUT2D eigenvalue weighted by molar-refractivity contribution is -0.0250. The number of aliphatic hydroxyl groups excluding tert-OH is 1. The molecule has 1 aromatic carbocycles. The highest BCUT2D eigenvalue weighted by molar-refractivity contribution is 14.0. The van der Waals surface area contributed by atoms with E-state index in [1.165, 1.54) is 11.1 Å². The SMILES string of the molecule is CCNC(=NCC1CCCOC1c1ccc(C)cc1)N1CC[C@@H](O)C1.I. The molecule has 2 fully saturated rings. The molecule has 0 bridgehead atoms. The standard InChI is InChI=1S/C20H31N3O2.HI/c1-3-21-20(23-11-10-18(24)14-23)22-13-17-5-4-12-25-19(17)16-8-6-15(2)7-9-16;/h6-9,17-19,24H,3-5,10-14H2,1-2H3,(H,21,22);1H/t17?,18-,19?;/m1./s1. The van der Waals surface area contributed by atoms with Crippen LogP contribution in [-0.4, -0.2) is 54.9 Å². The number of aliphatic hydroxyl groups is 1. The molecular weight excluding hydrogens is 441 g/mol. The number of nitrogens with one attached hydrogen (secondary N) is 1. The van der Waals surface area contributed by atoms with Crippen LogP contribution in [0.3, 0.4) is 0 Å². The summed E-state index contributed by atoms with van der Waals surface area (Å²) < 4.78 is 6.11. The van der Waals surface area contributed by atoms with E-state index in [0.29, 0.717) is 12.5 Å². The smallest absolute Gasteiger partial charge is 0.194 e. The molecule has 2 heterocycles. The zero-order valence-corrected chi connectivity index (χ0v) is 18.2. The number of guanidine groups is 1. The summed E-state index contributed by atoms with van der Waals surface area (Å²) in [5.74, 6) is 1.32. The largest absolute Gasteiger partial charge is 0.391 e. The Morgan fingerprint density at radius 3 is 2.73 bits per heavy atom. The molecule has 0 aromatic heterocycles. The quantitative estimate of drug-likeness (QED) is 0.401. The van der Waals surface area contributed by atoms with Crippen molar-refractivity contribution >= 4 is 29.9 Å². The zero-order chi connectivity index (χ0) is 17.6. The summed E-state index contributed by atoms with van der Waals surface area (Å²) in [6, 6.07) is 8.68. The number of likely N-dealkylation sites (tertiary alicyclic amines) is 1. The first-order valence-electron chi connectivity index (χ1n) is 9.57. The summed E-state index contributed by atoms with van der Waals surface area (Å²) in [6.45, 7) is 8.17. The van der Waals surface area contributed by atoms with Gasteiger partial charge < -0.3 is 20.1 Å². The monoisotopic (exact) mass is 473 g/mol. The molecule has 3 rings (SSSR count). The maximum atomic E-state index is 9.80. The van der Waals surface area contributed by atoms with Crippen molar-refractivity contribution < 1.29 is 9.84 Å². The molecule has 5 nitrogen and oxygen atoms in total. The van der Waals surface area contributed by atoms with Crippen LogP contribution in [-0.2, 0) is 4.74 Å². The molecule has 2 unspecified atom stereocenters. The Kier molecular flexibility index (Phi) is 8.63. The number of rotatable bonds is 4. The molecule has 146 valence electrons. The predicted molar refractivity (Wildman–Crippen MR) is 116 cm³/mol. The average Bonchev–Trinajstić information content (AvgIpc) is 3.06. The number of aliphatic imine (C=N–C) groups is 1. The van der Waals surface area contributed by atoms with E-state index >= 15 is 0 Å². The molecule has 6 heteroatoms. The highest BCUT2D eigenvalue weighted by Gasteiger charge is 2.28. The van der Waals surface area contributed by atoms with Crippen LogP contribution in [0.25, 0.3) is 0 Å². The first-order chi connectivity index (χ1) is 12.2. The van der Waals surface area contributed by atoms with E-state index in [0.717, 1.165) is 51.5 Å². The van der Waals surface area contributed by atoms with Crippen LogP contribution >= 0.6 is 24.0 Å². The van der Waals surface area contributed by atoms with Gasteiger partial charge in [0.1, 0.15) is 0 Å². The van der Waals surface area contributed by atoms with E-state index in [1.807, 2.05) is 0 Å². The van der Waals surface area contributed by atoms with Crippen molar-refractivity contribution in [3.8, 4) is 0 Å². The fourth-order valence-electron chi connectivity index (χ4n) is 3.72. The predicted octanol–water partition coefficient (Wildman–Crippen LogP) is 3.11. The fourth-order valence-corrected chi connectivity index (χ4v) is 3.72. The summed E-state index contributed by atoms with van der Waals surface area (Å²) in [7, 11) is 0. The van der Waals surface area contributed by atoms with Gasteiger partial charge >= 0.3 is 0 Å². The van der Waals surface area contributed by atoms with Crippen LogP contribution in [0.5, 0.6) is 0 Å². The molecule has 0 aliphatic carbocycles. The second kappa shape index (κ2) is 10.5. The Morgan fingerprint density at radius 2 is 2.08 bits per heavy atom. The second-order valence-electron chi connectivity index (χ2n) is 7.19. The number of ether oxygens (including phenoxy) is 1. The molecule has 2 aliphatic rings. The fraction of sp³-hybridized carbons (Fsp3) is 0.650. The first-order valence-corrected chi connectivity index (χ1v) is 9.57. The van der Waals surface area contributed by atoms with Crippen molar-refractivity contribution in [1.29, 1.82) is 0 Å². The number of aryl methyl sites for hydroxylation is 1. The highest BCUT2D eigenvalue weighted by atomic mass is 127. The Hall–Kier alpha value is -0.860. The molecule has 2 saturated heterocycles. The van der Waals surface area contributed by atoms with Crippen molar-refractivity contribution in [2.45, 2.75) is 45.3 Å². The van der Waals surface area contributed by atoms with Gasteiger partial charge in [0.25, 0.3) is 0 Å². The van der Waals surface area contributed by atoms with Crippen LogP contribution < -0.4 is 5.32 Å². The van der Waals surface area contributed by atoms with Crippen LogP contribution in [0.15, 0.2) is 29.3 Å². The molecule has 0 spiro atoms. The lowest BCUT2D eigenvalue weighted by atomic mass is 9.89. The van der Waals surface area contributed by atoms with Gasteiger partial charge in [0.15, 0.2) is 5.96 Å². The number of benzene rings is 1. The minimum atomic E-state index is -0.234. The van der Waals surface area contributed by atoms with Crippen molar-refractivity contribution in [1.82, 2.24) is 10.2 Å². The summed E-state index contributed by atoms with van der Waals surface area (Å²) in [6.07, 6.45) is 2.96. The third-order valence-electron chi connectivity index (χ3n) is 5.12.